The van der Waals surface area contributed by atoms with Crippen molar-refractivity contribution in [2.75, 3.05) is 7.11 Å². The predicted octanol–water partition coefficient (Wildman–Crippen LogP) is 3.34. The van der Waals surface area contributed by atoms with E-state index in [-0.39, 0.29) is 6.04 Å². The fourth-order valence-corrected chi connectivity index (χ4v) is 3.10. The van der Waals surface area contributed by atoms with Crippen molar-refractivity contribution in [3.05, 3.63) is 0 Å². The van der Waals surface area contributed by atoms with Gasteiger partial charge in [0, 0.05) is 6.04 Å². The van der Waals surface area contributed by atoms with Gasteiger partial charge in [-0.1, -0.05) is 34.8 Å². The molecule has 1 saturated carbocycles. The van der Waals surface area contributed by atoms with Crippen LogP contribution in [-0.4, -0.2) is 34.0 Å². The zero-order valence-electron chi connectivity index (χ0n) is 10.1. The summed E-state index contributed by atoms with van der Waals surface area (Å²) in [6, 6.07) is -0.0391. The molecule has 0 radical (unpaired) electrons. The van der Waals surface area contributed by atoms with Crippen LogP contribution in [0, 0.1) is 0 Å². The van der Waals surface area contributed by atoms with E-state index in [1.165, 1.54) is 7.11 Å². The van der Waals surface area contributed by atoms with Crippen LogP contribution in [0.4, 0.5) is 0 Å². The Bertz CT molecular complexity index is 342. The summed E-state index contributed by atoms with van der Waals surface area (Å²) in [4.78, 5) is 14.8. The first-order valence-corrected chi connectivity index (χ1v) is 6.61. The maximum atomic E-state index is 11.8. The molecule has 1 unspecified atom stereocenters. The Balaban J connectivity index is 3.23. The average molecular weight is 301 g/mol. The molecule has 6 heteroatoms. The molecular formula is C11H16Cl3NO2. The molecule has 0 aromatic carbocycles. The van der Waals surface area contributed by atoms with Crippen LogP contribution < -0.4 is 0 Å². The number of alkyl halides is 3. The summed E-state index contributed by atoms with van der Waals surface area (Å²) >= 11 is 18.8. The molecule has 1 aliphatic carbocycles. The minimum Gasteiger partial charge on any atom is -0.467 e. The second-order valence-corrected chi connectivity index (χ2v) is 6.55. The van der Waals surface area contributed by atoms with Gasteiger partial charge in [-0.05, 0) is 33.1 Å². The largest absolute Gasteiger partial charge is 0.467 e. The van der Waals surface area contributed by atoms with E-state index in [0.29, 0.717) is 25.0 Å². The summed E-state index contributed by atoms with van der Waals surface area (Å²) in [6.45, 7) is 3.75. The summed E-state index contributed by atoms with van der Waals surface area (Å²) in [5.74, 6) is -0.552. The number of esters is 1. The summed E-state index contributed by atoms with van der Waals surface area (Å²) in [5, 5.41) is 0. The number of hydrogen-bond acceptors (Lipinski definition) is 3. The fourth-order valence-electron chi connectivity index (χ4n) is 1.90. The van der Waals surface area contributed by atoms with Crippen LogP contribution in [0.25, 0.3) is 0 Å². The Morgan fingerprint density at radius 2 is 1.94 bits per heavy atom. The molecule has 0 amide bonds. The first-order chi connectivity index (χ1) is 7.74. The second-order valence-electron chi connectivity index (χ2n) is 4.42. The lowest BCUT2D eigenvalue weighted by atomic mass is 9.85. The lowest BCUT2D eigenvalue weighted by molar-refractivity contribution is -0.142. The molecule has 1 fully saturated rings. The van der Waals surface area contributed by atoms with Gasteiger partial charge in [0.05, 0.1) is 12.8 Å². The Labute approximate surface area is 116 Å². The van der Waals surface area contributed by atoms with Gasteiger partial charge in [-0.3, -0.25) is 4.99 Å². The maximum absolute atomic E-state index is 11.8. The van der Waals surface area contributed by atoms with Crippen LogP contribution in [0.15, 0.2) is 4.99 Å². The highest BCUT2D eigenvalue weighted by Gasteiger charge is 2.54. The van der Waals surface area contributed by atoms with E-state index < -0.39 is 15.2 Å². The number of methoxy groups -OCH3 is 1. The number of ether oxygens (including phenoxy) is 1. The molecule has 17 heavy (non-hydrogen) atoms. The normalized spacial score (nSPS) is 30.6. The number of aliphatic imine (C=N–C) groups is 1. The molecule has 0 bridgehead atoms. The van der Waals surface area contributed by atoms with E-state index in [4.69, 9.17) is 39.5 Å². The summed E-state index contributed by atoms with van der Waals surface area (Å²) in [7, 11) is 1.29. The summed E-state index contributed by atoms with van der Waals surface area (Å²) in [6.07, 6.45) is 1.63. The minimum atomic E-state index is -1.33. The lowest BCUT2D eigenvalue weighted by Crippen LogP contribution is -2.53. The Morgan fingerprint density at radius 1 is 1.35 bits per heavy atom. The first kappa shape index (κ1) is 15.1. The van der Waals surface area contributed by atoms with E-state index >= 15 is 0 Å². The van der Waals surface area contributed by atoms with E-state index in [1.54, 1.807) is 0 Å². The maximum Gasteiger partial charge on any atom is 0.332 e. The predicted molar refractivity (Wildman–Crippen MR) is 71.5 cm³/mol. The SMILES string of the molecule is COC(=O)C1(Cl)CCCC(Cl)(Cl)C1=NC(C)C. The molecule has 0 saturated heterocycles. The van der Waals surface area contributed by atoms with Gasteiger partial charge >= 0.3 is 5.97 Å². The fraction of sp³-hybridized carbons (Fsp3) is 0.818. The van der Waals surface area contributed by atoms with Gasteiger partial charge in [-0.15, -0.1) is 0 Å². The van der Waals surface area contributed by atoms with Gasteiger partial charge < -0.3 is 4.74 Å². The van der Waals surface area contributed by atoms with Gasteiger partial charge in [0.1, 0.15) is 0 Å². The highest BCUT2D eigenvalue weighted by Crippen LogP contribution is 2.44. The molecule has 0 heterocycles. The van der Waals surface area contributed by atoms with Crippen molar-refractivity contribution in [2.45, 2.75) is 48.4 Å². The summed E-state index contributed by atoms with van der Waals surface area (Å²) < 4.78 is 3.53. The van der Waals surface area contributed by atoms with Crippen LogP contribution in [-0.2, 0) is 9.53 Å². The smallest absolute Gasteiger partial charge is 0.332 e. The van der Waals surface area contributed by atoms with Gasteiger partial charge in [0.15, 0.2) is 9.21 Å². The highest BCUT2D eigenvalue weighted by molar-refractivity contribution is 6.65. The number of carbonyl (C=O) groups excluding carboxylic acids is 1. The lowest BCUT2D eigenvalue weighted by Gasteiger charge is -2.38. The molecule has 0 aromatic heterocycles. The van der Waals surface area contributed by atoms with Gasteiger partial charge in [0.25, 0.3) is 0 Å². The average Bonchev–Trinajstić information content (AvgIpc) is 2.22. The third kappa shape index (κ3) is 3.07. The Morgan fingerprint density at radius 3 is 2.41 bits per heavy atom. The van der Waals surface area contributed by atoms with Crippen LogP contribution in [0.3, 0.4) is 0 Å². The third-order valence-corrected chi connectivity index (χ3v) is 3.89. The quantitative estimate of drug-likeness (QED) is 0.579. The van der Waals surface area contributed by atoms with E-state index in [2.05, 4.69) is 4.99 Å². The number of carbonyl (C=O) groups is 1. The highest BCUT2D eigenvalue weighted by atomic mass is 35.5. The zero-order valence-corrected chi connectivity index (χ0v) is 12.4. The van der Waals surface area contributed by atoms with Crippen molar-refractivity contribution in [2.24, 2.45) is 4.99 Å². The van der Waals surface area contributed by atoms with Crippen LogP contribution in [0.1, 0.15) is 33.1 Å². The number of halogens is 3. The molecule has 1 rings (SSSR count). The first-order valence-electron chi connectivity index (χ1n) is 5.48. The van der Waals surface area contributed by atoms with E-state index in [0.717, 1.165) is 0 Å². The molecular weight excluding hydrogens is 284 g/mol. The Kier molecular flexibility index (Phi) is 4.73. The molecule has 0 spiro atoms. The van der Waals surface area contributed by atoms with E-state index in [1.807, 2.05) is 13.8 Å². The van der Waals surface area contributed by atoms with Crippen molar-refractivity contribution >= 4 is 46.5 Å². The van der Waals surface area contributed by atoms with Crippen LogP contribution >= 0.6 is 34.8 Å². The monoisotopic (exact) mass is 299 g/mol. The summed E-state index contributed by atoms with van der Waals surface area (Å²) in [5.41, 5.74) is 0.308. The second kappa shape index (κ2) is 5.33. The standard InChI is InChI=1S/C11H16Cl3NO2/c1-7(2)15-8-10(12,9(16)17-3)5-4-6-11(8,13)14/h7H,4-6H2,1-3H3. The van der Waals surface area contributed by atoms with Crippen molar-refractivity contribution in [1.29, 1.82) is 0 Å². The molecule has 1 atom stereocenters. The van der Waals surface area contributed by atoms with Crippen molar-refractivity contribution in [3.63, 3.8) is 0 Å². The van der Waals surface area contributed by atoms with Gasteiger partial charge in [-0.25, -0.2) is 4.79 Å². The van der Waals surface area contributed by atoms with Crippen molar-refractivity contribution in [3.8, 4) is 0 Å². The number of hydrogen-bond donors (Lipinski definition) is 0. The van der Waals surface area contributed by atoms with Crippen molar-refractivity contribution < 1.29 is 9.53 Å². The van der Waals surface area contributed by atoms with Gasteiger partial charge in [0.2, 0.25) is 0 Å². The third-order valence-electron chi connectivity index (χ3n) is 2.63. The van der Waals surface area contributed by atoms with Crippen LogP contribution in [0.2, 0.25) is 0 Å². The number of nitrogens with zero attached hydrogens (tertiary/aromatic N) is 1. The van der Waals surface area contributed by atoms with Crippen molar-refractivity contribution in [1.82, 2.24) is 0 Å². The minimum absolute atomic E-state index is 0.0391. The topological polar surface area (TPSA) is 38.7 Å². The molecule has 3 nitrogen and oxygen atoms in total. The zero-order chi connectivity index (χ0) is 13.3. The molecule has 0 aromatic rings. The van der Waals surface area contributed by atoms with E-state index in [9.17, 15) is 4.79 Å². The van der Waals surface area contributed by atoms with Gasteiger partial charge in [-0.2, -0.15) is 0 Å². The molecule has 98 valence electrons. The van der Waals surface area contributed by atoms with Crippen LogP contribution in [0.5, 0.6) is 0 Å². The molecule has 1 aliphatic rings. The molecule has 0 N–H and O–H groups in total. The Hall–Kier alpha value is 0.01000. The molecule has 0 aliphatic heterocycles. The number of rotatable bonds is 2.